The van der Waals surface area contributed by atoms with Gasteiger partial charge in [-0.15, -0.1) is 0 Å². The molecule has 2 aromatic rings. The van der Waals surface area contributed by atoms with Crippen LogP contribution in [0.15, 0.2) is 137 Å². The van der Waals surface area contributed by atoms with Crippen LogP contribution in [0.3, 0.4) is 0 Å². The Hall–Kier alpha value is -3.75. The Morgan fingerprint density at radius 2 is 1.38 bits per heavy atom. The Labute approximate surface area is 225 Å². The van der Waals surface area contributed by atoms with Gasteiger partial charge in [-0.05, 0) is 76.6 Å². The second kappa shape index (κ2) is 13.0. The molecule has 2 heteroatoms. The molecule has 37 heavy (non-hydrogen) atoms. The zero-order valence-electron chi connectivity index (χ0n) is 21.1. The third-order valence-electron chi connectivity index (χ3n) is 6.76. The van der Waals surface area contributed by atoms with E-state index in [4.69, 9.17) is 0 Å². The van der Waals surface area contributed by atoms with Crippen molar-refractivity contribution in [3.63, 3.8) is 0 Å². The summed E-state index contributed by atoms with van der Waals surface area (Å²) < 4.78 is 0. The third kappa shape index (κ3) is 6.53. The molecule has 5 aliphatic rings. The van der Waals surface area contributed by atoms with Crippen LogP contribution in [0.1, 0.15) is 28.7 Å². The van der Waals surface area contributed by atoms with Crippen molar-refractivity contribution >= 4 is 17.8 Å². The van der Waals surface area contributed by atoms with Crippen molar-refractivity contribution in [2.45, 2.75) is 25.7 Å². The van der Waals surface area contributed by atoms with Crippen molar-refractivity contribution in [1.29, 1.82) is 0 Å². The molecule has 2 aliphatic heterocycles. The number of hydrogen-bond acceptors (Lipinski definition) is 2. The molecule has 0 saturated heterocycles. The van der Waals surface area contributed by atoms with E-state index in [1.807, 2.05) is 48.6 Å². The summed E-state index contributed by atoms with van der Waals surface area (Å²) in [5.74, 6) is 0. The molecule has 0 atom stereocenters. The molecule has 2 heterocycles. The quantitative estimate of drug-likeness (QED) is 0.389. The highest BCUT2D eigenvalue weighted by Crippen LogP contribution is 2.38. The van der Waals surface area contributed by atoms with Crippen molar-refractivity contribution in [3.05, 3.63) is 160 Å². The Bertz CT molecular complexity index is 1330. The highest BCUT2D eigenvalue weighted by atomic mass is 32.2. The van der Waals surface area contributed by atoms with Crippen LogP contribution < -0.4 is 5.32 Å². The van der Waals surface area contributed by atoms with Crippen LogP contribution in [0.25, 0.3) is 17.2 Å². The molecular weight excluding hydrogens is 466 g/mol. The fourth-order valence-electron chi connectivity index (χ4n) is 4.98. The first kappa shape index (κ1) is 24.9. The van der Waals surface area contributed by atoms with Crippen molar-refractivity contribution in [2.75, 3.05) is 6.54 Å². The number of allylic oxidation sites excluding steroid dienone is 13. The van der Waals surface area contributed by atoms with E-state index in [0.29, 0.717) is 0 Å². The molecule has 1 nitrogen and oxygen atoms in total. The molecular formula is C35H33NS. The molecule has 0 spiro atoms. The maximum absolute atomic E-state index is 3.31. The molecule has 0 saturated carbocycles. The van der Waals surface area contributed by atoms with Crippen molar-refractivity contribution in [2.24, 2.45) is 0 Å². The lowest BCUT2D eigenvalue weighted by Gasteiger charge is -2.25. The van der Waals surface area contributed by atoms with Gasteiger partial charge in [-0.25, -0.2) is 0 Å². The van der Waals surface area contributed by atoms with Gasteiger partial charge in [0.25, 0.3) is 0 Å². The summed E-state index contributed by atoms with van der Waals surface area (Å²) >= 11 is 1.76. The topological polar surface area (TPSA) is 12.0 Å². The largest absolute Gasteiger partial charge is 0.381 e. The predicted molar refractivity (Wildman–Crippen MR) is 163 cm³/mol. The van der Waals surface area contributed by atoms with E-state index in [1.165, 1.54) is 58.5 Å². The second-order valence-electron chi connectivity index (χ2n) is 9.16. The molecule has 0 radical (unpaired) electrons. The minimum Gasteiger partial charge on any atom is -0.381 e. The molecule has 184 valence electrons. The lowest BCUT2D eigenvalue weighted by Crippen LogP contribution is -2.15. The summed E-state index contributed by atoms with van der Waals surface area (Å²) in [4.78, 5) is 1.31. The minimum absolute atomic E-state index is 0.948. The summed E-state index contributed by atoms with van der Waals surface area (Å²) in [5, 5.41) is 5.40. The summed E-state index contributed by atoms with van der Waals surface area (Å²) in [5.41, 5.74) is 10.3. The molecule has 0 fully saturated rings. The van der Waals surface area contributed by atoms with E-state index >= 15 is 0 Å². The molecule has 0 unspecified atom stereocenters. The summed E-state index contributed by atoms with van der Waals surface area (Å²) in [6.07, 6.45) is 35.9. The molecule has 3 aliphatic carbocycles. The SMILES string of the molecule is C1=CC=CC=CC=C1.C1=CSC2=C(C=C1)NCC=C2.C1=Cc2ccc3c(c2CC1)CCc1ccccc1-3. The maximum Gasteiger partial charge on any atom is 0.0484 e. The maximum atomic E-state index is 3.31. The van der Waals surface area contributed by atoms with Gasteiger partial charge in [0.15, 0.2) is 0 Å². The third-order valence-corrected chi connectivity index (χ3v) is 7.66. The van der Waals surface area contributed by atoms with Crippen molar-refractivity contribution in [3.8, 4) is 11.1 Å². The van der Waals surface area contributed by atoms with E-state index in [2.05, 4.69) is 89.7 Å². The van der Waals surface area contributed by atoms with Crippen LogP contribution in [0, 0.1) is 0 Å². The highest BCUT2D eigenvalue weighted by Gasteiger charge is 2.20. The summed E-state index contributed by atoms with van der Waals surface area (Å²) in [6.45, 7) is 0.948. The number of fused-ring (bicyclic) bond motifs is 5. The van der Waals surface area contributed by atoms with Gasteiger partial charge in [-0.3, -0.25) is 0 Å². The first-order valence-corrected chi connectivity index (χ1v) is 14.0. The summed E-state index contributed by atoms with van der Waals surface area (Å²) in [6, 6.07) is 13.5. The van der Waals surface area contributed by atoms with Gasteiger partial charge in [-0.1, -0.05) is 127 Å². The Morgan fingerprint density at radius 1 is 0.595 bits per heavy atom. The monoisotopic (exact) mass is 499 g/mol. The molecule has 0 amide bonds. The fourth-order valence-corrected chi connectivity index (χ4v) is 5.74. The number of hydrogen-bond donors (Lipinski definition) is 1. The van der Waals surface area contributed by atoms with Gasteiger partial charge in [0.1, 0.15) is 0 Å². The van der Waals surface area contributed by atoms with E-state index in [9.17, 15) is 0 Å². The van der Waals surface area contributed by atoms with E-state index in [-0.39, 0.29) is 0 Å². The van der Waals surface area contributed by atoms with Crippen molar-refractivity contribution in [1.82, 2.24) is 5.32 Å². The van der Waals surface area contributed by atoms with Gasteiger partial charge in [0.2, 0.25) is 0 Å². The molecule has 1 N–H and O–H groups in total. The van der Waals surface area contributed by atoms with Crippen LogP contribution in [0.2, 0.25) is 0 Å². The Kier molecular flexibility index (Phi) is 8.75. The Balaban J connectivity index is 0.000000126. The smallest absolute Gasteiger partial charge is 0.0484 e. The lowest BCUT2D eigenvalue weighted by molar-refractivity contribution is 0.887. The van der Waals surface area contributed by atoms with Crippen LogP contribution >= 0.6 is 11.8 Å². The first-order valence-electron chi connectivity index (χ1n) is 13.1. The van der Waals surface area contributed by atoms with E-state index in [0.717, 1.165) is 6.54 Å². The van der Waals surface area contributed by atoms with Crippen LogP contribution in [0.5, 0.6) is 0 Å². The first-order chi connectivity index (χ1) is 18.4. The number of dihydropyridines is 1. The zero-order chi connectivity index (χ0) is 25.1. The number of nitrogens with one attached hydrogen (secondary N) is 1. The zero-order valence-corrected chi connectivity index (χ0v) is 22.0. The fraction of sp³-hybridized carbons (Fsp3) is 0.143. The number of thioether (sulfide) groups is 1. The average Bonchev–Trinajstić information content (AvgIpc) is 3.19. The van der Waals surface area contributed by atoms with E-state index < -0.39 is 0 Å². The average molecular weight is 500 g/mol. The standard InChI is InChI=1S/C18H16.C9H9NS.C8H8/c1-3-7-15-13(5-1)9-11-18-16-8-4-2-6-14(16)10-12-17(15)18;1-2-7-11-9-5-3-6-10-8(9)4-1;1-2-4-6-8-7-5-3-1/h1-3,5-7,10,12H,4,8-9,11H2;1-5,7,10H,6H2;1-8H. The van der Waals surface area contributed by atoms with Crippen LogP contribution in [-0.4, -0.2) is 6.54 Å². The van der Waals surface area contributed by atoms with Crippen molar-refractivity contribution < 1.29 is 0 Å². The Morgan fingerprint density at radius 3 is 2.19 bits per heavy atom. The number of rotatable bonds is 0. The number of aryl methyl sites for hydroxylation is 1. The lowest BCUT2D eigenvalue weighted by atomic mass is 9.80. The van der Waals surface area contributed by atoms with Gasteiger partial charge < -0.3 is 5.32 Å². The van der Waals surface area contributed by atoms with Gasteiger partial charge in [0, 0.05) is 17.1 Å². The predicted octanol–water partition coefficient (Wildman–Crippen LogP) is 8.81. The van der Waals surface area contributed by atoms with Gasteiger partial charge in [0.05, 0.1) is 0 Å². The molecule has 0 aromatic heterocycles. The molecule has 0 bridgehead atoms. The van der Waals surface area contributed by atoms with Gasteiger partial charge in [-0.2, -0.15) is 0 Å². The molecule has 2 aromatic carbocycles. The van der Waals surface area contributed by atoms with Gasteiger partial charge >= 0.3 is 0 Å². The minimum atomic E-state index is 0.948. The highest BCUT2D eigenvalue weighted by molar-refractivity contribution is 8.06. The molecule has 7 rings (SSSR count). The van der Waals surface area contributed by atoms with E-state index in [1.54, 1.807) is 22.9 Å². The number of benzene rings is 2. The second-order valence-corrected chi connectivity index (χ2v) is 10.1. The normalized spacial score (nSPS) is 17.4. The van der Waals surface area contributed by atoms with Crippen LogP contribution in [0.4, 0.5) is 0 Å². The summed E-state index contributed by atoms with van der Waals surface area (Å²) in [7, 11) is 0. The van der Waals surface area contributed by atoms with Crippen LogP contribution in [-0.2, 0) is 19.3 Å².